The SMILES string of the molecule is BOC(=O)CCO. The van der Waals surface area contributed by atoms with Gasteiger partial charge in [-0.15, -0.1) is 0 Å². The van der Waals surface area contributed by atoms with E-state index in [1.54, 1.807) is 0 Å². The van der Waals surface area contributed by atoms with Crippen molar-refractivity contribution >= 4 is 14.0 Å². The molecule has 0 aromatic carbocycles. The molecule has 0 heterocycles. The summed E-state index contributed by atoms with van der Waals surface area (Å²) in [4.78, 5) is 10.0. The number of rotatable bonds is 2. The van der Waals surface area contributed by atoms with Crippen LogP contribution in [0.3, 0.4) is 0 Å². The highest BCUT2D eigenvalue weighted by molar-refractivity contribution is 6.05. The third kappa shape index (κ3) is 3.32. The second-order valence-corrected chi connectivity index (χ2v) is 1.05. The van der Waals surface area contributed by atoms with Gasteiger partial charge in [-0.3, -0.25) is 4.79 Å². The fourth-order valence-corrected chi connectivity index (χ4v) is 0.193. The number of aliphatic hydroxyl groups is 1. The highest BCUT2D eigenvalue weighted by atomic mass is 16.5. The predicted octanol–water partition coefficient (Wildman–Crippen LogP) is -1.54. The average molecular weight is 102 g/mol. The van der Waals surface area contributed by atoms with Crippen molar-refractivity contribution in [1.82, 2.24) is 0 Å². The van der Waals surface area contributed by atoms with Gasteiger partial charge in [0.05, 0.1) is 13.0 Å². The molecule has 0 fully saturated rings. The molecule has 3 nitrogen and oxygen atoms in total. The summed E-state index contributed by atoms with van der Waals surface area (Å²) in [5, 5.41) is 8.07. The standard InChI is InChI=1S/C3H7BO3/c4-7-3(6)1-2-5/h5H,1-2,4H2. The Morgan fingerprint density at radius 2 is 2.43 bits per heavy atom. The van der Waals surface area contributed by atoms with Crippen molar-refractivity contribution in [2.45, 2.75) is 6.42 Å². The lowest BCUT2D eigenvalue weighted by Crippen LogP contribution is -2.02. The largest absolute Gasteiger partial charge is 0.543 e. The number of hydrogen-bond donors (Lipinski definition) is 1. The van der Waals surface area contributed by atoms with Gasteiger partial charge in [-0.2, -0.15) is 0 Å². The minimum absolute atomic E-state index is 0.0938. The Morgan fingerprint density at radius 1 is 1.86 bits per heavy atom. The van der Waals surface area contributed by atoms with E-state index in [-0.39, 0.29) is 19.0 Å². The van der Waals surface area contributed by atoms with Gasteiger partial charge in [0.2, 0.25) is 0 Å². The Kier molecular flexibility index (Phi) is 3.41. The Labute approximate surface area is 42.7 Å². The first-order chi connectivity index (χ1) is 3.31. The summed E-state index contributed by atoms with van der Waals surface area (Å²) in [5.41, 5.74) is 0. The predicted molar refractivity (Wildman–Crippen MR) is 26.3 cm³/mol. The molecule has 0 radical (unpaired) electrons. The van der Waals surface area contributed by atoms with E-state index in [0.717, 1.165) is 0 Å². The number of aliphatic hydroxyl groups excluding tert-OH is 1. The molecule has 0 atom stereocenters. The molecule has 0 rings (SSSR count). The van der Waals surface area contributed by atoms with Crippen molar-refractivity contribution in [2.75, 3.05) is 6.61 Å². The molecule has 40 valence electrons. The summed E-state index contributed by atoms with van der Waals surface area (Å²) in [6.45, 7) is -0.132. The highest BCUT2D eigenvalue weighted by Crippen LogP contribution is 1.77. The molecule has 4 heteroatoms. The van der Waals surface area contributed by atoms with Gasteiger partial charge in [-0.1, -0.05) is 0 Å². The number of hydrogen-bond acceptors (Lipinski definition) is 3. The lowest BCUT2D eigenvalue weighted by molar-refractivity contribution is -0.134. The zero-order valence-corrected chi connectivity index (χ0v) is 4.18. The van der Waals surface area contributed by atoms with Crippen LogP contribution in [0.25, 0.3) is 0 Å². The van der Waals surface area contributed by atoms with Crippen molar-refractivity contribution in [3.05, 3.63) is 0 Å². The zero-order chi connectivity index (χ0) is 5.70. The first kappa shape index (κ1) is 6.49. The molecule has 0 aromatic rings. The molecule has 0 amide bonds. The fraction of sp³-hybridized carbons (Fsp3) is 0.667. The van der Waals surface area contributed by atoms with Crippen molar-refractivity contribution in [3.63, 3.8) is 0 Å². The summed E-state index contributed by atoms with van der Waals surface area (Å²) < 4.78 is 4.19. The van der Waals surface area contributed by atoms with E-state index in [1.165, 1.54) is 8.05 Å². The van der Waals surface area contributed by atoms with E-state index in [9.17, 15) is 4.79 Å². The van der Waals surface area contributed by atoms with Crippen molar-refractivity contribution in [3.8, 4) is 0 Å². The van der Waals surface area contributed by atoms with Crippen molar-refractivity contribution in [1.29, 1.82) is 0 Å². The molecule has 0 aliphatic rings. The second kappa shape index (κ2) is 3.68. The van der Waals surface area contributed by atoms with Gasteiger partial charge in [-0.05, 0) is 0 Å². The summed E-state index contributed by atoms with van der Waals surface area (Å²) in [6, 6.07) is 0. The molecule has 0 saturated heterocycles. The lowest BCUT2D eigenvalue weighted by atomic mass is 10.4. The van der Waals surface area contributed by atoms with Crippen LogP contribution >= 0.6 is 0 Å². The van der Waals surface area contributed by atoms with Crippen molar-refractivity contribution < 1.29 is 14.6 Å². The quantitative estimate of drug-likeness (QED) is 0.429. The summed E-state index contributed by atoms with van der Waals surface area (Å²) in [6.07, 6.45) is 0.0938. The third-order valence-electron chi connectivity index (χ3n) is 0.544. The molecular weight excluding hydrogens is 94.8 g/mol. The highest BCUT2D eigenvalue weighted by Gasteiger charge is 1.93. The molecule has 0 aliphatic carbocycles. The Morgan fingerprint density at radius 3 is 2.57 bits per heavy atom. The van der Waals surface area contributed by atoms with Crippen LogP contribution in [0.1, 0.15) is 6.42 Å². The van der Waals surface area contributed by atoms with Gasteiger partial charge in [-0.25, -0.2) is 0 Å². The van der Waals surface area contributed by atoms with Crippen LogP contribution in [0, 0.1) is 0 Å². The second-order valence-electron chi connectivity index (χ2n) is 1.05. The molecule has 0 bridgehead atoms. The normalized spacial score (nSPS) is 8.14. The fourth-order valence-electron chi connectivity index (χ4n) is 0.193. The summed E-state index contributed by atoms with van der Waals surface area (Å²) in [7, 11) is 1.29. The molecule has 0 aliphatic heterocycles. The van der Waals surface area contributed by atoms with Crippen LogP contribution in [-0.4, -0.2) is 25.7 Å². The van der Waals surface area contributed by atoms with Crippen LogP contribution < -0.4 is 0 Å². The zero-order valence-electron chi connectivity index (χ0n) is 4.18. The van der Waals surface area contributed by atoms with Gasteiger partial charge < -0.3 is 9.76 Å². The van der Waals surface area contributed by atoms with Crippen LogP contribution in [0.4, 0.5) is 0 Å². The molecule has 0 spiro atoms. The minimum atomic E-state index is -0.373. The Balaban J connectivity index is 3.00. The first-order valence-electron chi connectivity index (χ1n) is 1.99. The molecule has 0 unspecified atom stereocenters. The summed E-state index contributed by atoms with van der Waals surface area (Å²) >= 11 is 0. The van der Waals surface area contributed by atoms with Gasteiger partial charge in [0.1, 0.15) is 0 Å². The molecule has 7 heavy (non-hydrogen) atoms. The topological polar surface area (TPSA) is 46.5 Å². The smallest absolute Gasteiger partial charge is 0.325 e. The van der Waals surface area contributed by atoms with Gasteiger partial charge in [0, 0.05) is 0 Å². The van der Waals surface area contributed by atoms with Crippen molar-refractivity contribution in [2.24, 2.45) is 0 Å². The van der Waals surface area contributed by atoms with E-state index in [1.807, 2.05) is 0 Å². The van der Waals surface area contributed by atoms with E-state index in [4.69, 9.17) is 5.11 Å². The van der Waals surface area contributed by atoms with E-state index >= 15 is 0 Å². The van der Waals surface area contributed by atoms with Crippen LogP contribution in [0.5, 0.6) is 0 Å². The van der Waals surface area contributed by atoms with Gasteiger partial charge >= 0.3 is 8.05 Å². The molecule has 1 N–H and O–H groups in total. The minimum Gasteiger partial charge on any atom is -0.543 e. The van der Waals surface area contributed by atoms with Crippen LogP contribution in [0.2, 0.25) is 0 Å². The van der Waals surface area contributed by atoms with E-state index in [2.05, 4.69) is 4.65 Å². The monoisotopic (exact) mass is 102 g/mol. The maximum Gasteiger partial charge on any atom is 0.325 e. The third-order valence-corrected chi connectivity index (χ3v) is 0.544. The van der Waals surface area contributed by atoms with Gasteiger partial charge in [0.25, 0.3) is 5.97 Å². The molecule has 0 aromatic heterocycles. The maximum absolute atomic E-state index is 10.0. The Bertz CT molecular complexity index is 63.2. The average Bonchev–Trinajstić information content (AvgIpc) is 1.68. The van der Waals surface area contributed by atoms with Gasteiger partial charge in [0.15, 0.2) is 0 Å². The van der Waals surface area contributed by atoms with Crippen LogP contribution in [0.15, 0.2) is 0 Å². The maximum atomic E-state index is 10.0. The molecular formula is C3H7BO3. The lowest BCUT2D eigenvalue weighted by Gasteiger charge is -1.91. The molecule has 0 saturated carbocycles. The first-order valence-corrected chi connectivity index (χ1v) is 1.99. The number of carbonyl (C=O) groups is 1. The van der Waals surface area contributed by atoms with E-state index in [0.29, 0.717) is 0 Å². The van der Waals surface area contributed by atoms with E-state index < -0.39 is 0 Å². The number of carbonyl (C=O) groups excluding carboxylic acids is 1. The Hall–Kier alpha value is -0.505. The van der Waals surface area contributed by atoms with Crippen LogP contribution in [-0.2, 0) is 9.45 Å². The summed E-state index contributed by atoms with van der Waals surface area (Å²) in [5.74, 6) is -0.373.